The molecule has 1 aliphatic heterocycles. The SMILES string of the molecule is CC(=O)N1CCC(C(=O)Nc2cncc3ccccc23)c2cc(Cl)ccc21. The predicted octanol–water partition coefficient (Wildman–Crippen LogP) is 4.37. The van der Waals surface area contributed by atoms with E-state index in [2.05, 4.69) is 10.3 Å². The molecule has 1 aromatic heterocycles. The van der Waals surface area contributed by atoms with Crippen LogP contribution in [-0.4, -0.2) is 23.3 Å². The number of carbonyl (C=O) groups is 2. The molecule has 27 heavy (non-hydrogen) atoms. The molecule has 0 radical (unpaired) electrons. The van der Waals surface area contributed by atoms with Crippen molar-refractivity contribution >= 4 is 45.6 Å². The van der Waals surface area contributed by atoms with Gasteiger partial charge in [0, 0.05) is 41.1 Å². The van der Waals surface area contributed by atoms with Gasteiger partial charge in [-0.05, 0) is 30.2 Å². The molecule has 1 aliphatic rings. The lowest BCUT2D eigenvalue weighted by Crippen LogP contribution is -2.38. The van der Waals surface area contributed by atoms with Gasteiger partial charge in [-0.25, -0.2) is 0 Å². The Morgan fingerprint density at radius 3 is 2.81 bits per heavy atom. The van der Waals surface area contributed by atoms with Crippen LogP contribution in [0.15, 0.2) is 54.9 Å². The van der Waals surface area contributed by atoms with E-state index in [4.69, 9.17) is 11.6 Å². The Balaban J connectivity index is 1.69. The highest BCUT2D eigenvalue weighted by Crippen LogP contribution is 2.38. The van der Waals surface area contributed by atoms with E-state index in [0.717, 1.165) is 22.0 Å². The molecule has 2 heterocycles. The number of hydrogen-bond donors (Lipinski definition) is 1. The molecule has 0 saturated carbocycles. The summed E-state index contributed by atoms with van der Waals surface area (Å²) in [5, 5.41) is 5.46. The molecule has 0 aliphatic carbocycles. The Bertz CT molecular complexity index is 1050. The van der Waals surface area contributed by atoms with E-state index in [-0.39, 0.29) is 17.7 Å². The number of nitrogens with one attached hydrogen (secondary N) is 1. The second kappa shape index (κ2) is 7.00. The van der Waals surface area contributed by atoms with Gasteiger partial charge in [-0.2, -0.15) is 0 Å². The molecule has 5 nitrogen and oxygen atoms in total. The van der Waals surface area contributed by atoms with E-state index in [1.807, 2.05) is 24.3 Å². The Kier molecular flexibility index (Phi) is 4.54. The number of carbonyl (C=O) groups excluding carboxylic acids is 2. The molecular formula is C21H18ClN3O2. The van der Waals surface area contributed by atoms with Crippen molar-refractivity contribution in [3.63, 3.8) is 0 Å². The quantitative estimate of drug-likeness (QED) is 0.719. The van der Waals surface area contributed by atoms with Crippen LogP contribution in [0, 0.1) is 0 Å². The van der Waals surface area contributed by atoms with Crippen molar-refractivity contribution in [2.75, 3.05) is 16.8 Å². The van der Waals surface area contributed by atoms with Gasteiger partial charge >= 0.3 is 0 Å². The third-order valence-electron chi connectivity index (χ3n) is 4.92. The van der Waals surface area contributed by atoms with Crippen LogP contribution in [0.2, 0.25) is 5.02 Å². The molecule has 0 fully saturated rings. The van der Waals surface area contributed by atoms with Crippen molar-refractivity contribution < 1.29 is 9.59 Å². The van der Waals surface area contributed by atoms with Gasteiger partial charge < -0.3 is 10.2 Å². The van der Waals surface area contributed by atoms with E-state index in [0.29, 0.717) is 23.7 Å². The summed E-state index contributed by atoms with van der Waals surface area (Å²) in [7, 11) is 0. The van der Waals surface area contributed by atoms with Gasteiger partial charge in [0.05, 0.1) is 17.8 Å². The van der Waals surface area contributed by atoms with Crippen LogP contribution in [0.25, 0.3) is 10.8 Å². The molecule has 2 aromatic carbocycles. The van der Waals surface area contributed by atoms with Gasteiger partial charge in [-0.15, -0.1) is 0 Å². The lowest BCUT2D eigenvalue weighted by atomic mass is 9.89. The highest BCUT2D eigenvalue weighted by molar-refractivity contribution is 6.30. The molecule has 0 saturated heterocycles. The summed E-state index contributed by atoms with van der Waals surface area (Å²) >= 11 is 6.17. The summed E-state index contributed by atoms with van der Waals surface area (Å²) < 4.78 is 0. The minimum absolute atomic E-state index is 0.0457. The van der Waals surface area contributed by atoms with Gasteiger partial charge in [0.15, 0.2) is 0 Å². The maximum atomic E-state index is 13.1. The molecule has 0 bridgehead atoms. The molecule has 1 N–H and O–H groups in total. The predicted molar refractivity (Wildman–Crippen MR) is 107 cm³/mol. The molecule has 4 rings (SSSR count). The largest absolute Gasteiger partial charge is 0.324 e. The summed E-state index contributed by atoms with van der Waals surface area (Å²) in [5.74, 6) is -0.552. The highest BCUT2D eigenvalue weighted by Gasteiger charge is 2.32. The van der Waals surface area contributed by atoms with E-state index >= 15 is 0 Å². The fourth-order valence-electron chi connectivity index (χ4n) is 3.62. The number of benzene rings is 2. The topological polar surface area (TPSA) is 62.3 Å². The number of aromatic nitrogens is 1. The van der Waals surface area contributed by atoms with Crippen molar-refractivity contribution in [1.29, 1.82) is 0 Å². The lowest BCUT2D eigenvalue weighted by Gasteiger charge is -2.33. The first-order valence-corrected chi connectivity index (χ1v) is 9.13. The number of pyridine rings is 1. The Labute approximate surface area is 162 Å². The zero-order valence-electron chi connectivity index (χ0n) is 14.8. The van der Waals surface area contributed by atoms with Crippen molar-refractivity contribution in [2.24, 2.45) is 0 Å². The molecule has 0 spiro atoms. The number of halogens is 1. The van der Waals surface area contributed by atoms with Gasteiger partial charge in [0.1, 0.15) is 0 Å². The van der Waals surface area contributed by atoms with Gasteiger partial charge in [-0.1, -0.05) is 35.9 Å². The van der Waals surface area contributed by atoms with E-state index in [1.165, 1.54) is 6.92 Å². The fraction of sp³-hybridized carbons (Fsp3) is 0.190. The standard InChI is InChI=1S/C21H18ClN3O2/c1-13(26)25-9-8-17(18-10-15(22)6-7-20(18)25)21(27)24-19-12-23-11-14-4-2-3-5-16(14)19/h2-7,10-12,17H,8-9H2,1H3,(H,24,27). The number of hydrogen-bond acceptors (Lipinski definition) is 3. The van der Waals surface area contributed by atoms with Crippen LogP contribution in [0.4, 0.5) is 11.4 Å². The normalized spacial score (nSPS) is 16.1. The minimum Gasteiger partial charge on any atom is -0.324 e. The van der Waals surface area contributed by atoms with Crippen LogP contribution in [0.5, 0.6) is 0 Å². The van der Waals surface area contributed by atoms with Gasteiger partial charge in [-0.3, -0.25) is 14.6 Å². The Morgan fingerprint density at radius 2 is 2.00 bits per heavy atom. The van der Waals surface area contributed by atoms with Crippen LogP contribution in [0.1, 0.15) is 24.8 Å². The first-order chi connectivity index (χ1) is 13.0. The molecule has 1 atom stereocenters. The third kappa shape index (κ3) is 3.26. The van der Waals surface area contributed by atoms with Crippen molar-refractivity contribution in [2.45, 2.75) is 19.3 Å². The van der Waals surface area contributed by atoms with Crippen LogP contribution >= 0.6 is 11.6 Å². The maximum absolute atomic E-state index is 13.1. The van der Waals surface area contributed by atoms with Crippen LogP contribution < -0.4 is 10.2 Å². The number of amides is 2. The smallest absolute Gasteiger partial charge is 0.232 e. The summed E-state index contributed by atoms with van der Waals surface area (Å²) in [4.78, 5) is 30.9. The highest BCUT2D eigenvalue weighted by atomic mass is 35.5. The Morgan fingerprint density at radius 1 is 1.19 bits per heavy atom. The Hall–Kier alpha value is -2.92. The van der Waals surface area contributed by atoms with E-state index in [1.54, 1.807) is 35.5 Å². The summed E-state index contributed by atoms with van der Waals surface area (Å²) in [5.41, 5.74) is 2.19. The summed E-state index contributed by atoms with van der Waals surface area (Å²) in [6.45, 7) is 2.02. The zero-order valence-corrected chi connectivity index (χ0v) is 15.5. The molecule has 3 aromatic rings. The molecule has 1 unspecified atom stereocenters. The lowest BCUT2D eigenvalue weighted by molar-refractivity contribution is -0.119. The fourth-order valence-corrected chi connectivity index (χ4v) is 3.80. The number of anilines is 2. The summed E-state index contributed by atoms with van der Waals surface area (Å²) in [6.07, 6.45) is 3.96. The van der Waals surface area contributed by atoms with Gasteiger partial charge in [0.25, 0.3) is 0 Å². The average molecular weight is 380 g/mol. The molecule has 136 valence electrons. The van der Waals surface area contributed by atoms with Crippen molar-refractivity contribution in [1.82, 2.24) is 4.98 Å². The van der Waals surface area contributed by atoms with Crippen molar-refractivity contribution in [3.05, 3.63) is 65.4 Å². The first kappa shape index (κ1) is 17.5. The van der Waals surface area contributed by atoms with Crippen LogP contribution in [-0.2, 0) is 9.59 Å². The van der Waals surface area contributed by atoms with E-state index < -0.39 is 0 Å². The third-order valence-corrected chi connectivity index (χ3v) is 5.15. The second-order valence-corrected chi connectivity index (χ2v) is 7.05. The van der Waals surface area contributed by atoms with Crippen molar-refractivity contribution in [3.8, 4) is 0 Å². The number of nitrogens with zero attached hydrogens (tertiary/aromatic N) is 2. The van der Waals surface area contributed by atoms with Crippen LogP contribution in [0.3, 0.4) is 0 Å². The molecule has 6 heteroatoms. The second-order valence-electron chi connectivity index (χ2n) is 6.61. The van der Waals surface area contributed by atoms with E-state index in [9.17, 15) is 9.59 Å². The molecule has 2 amide bonds. The molecular weight excluding hydrogens is 362 g/mol. The maximum Gasteiger partial charge on any atom is 0.232 e. The number of rotatable bonds is 2. The van der Waals surface area contributed by atoms with Gasteiger partial charge in [0.2, 0.25) is 11.8 Å². The first-order valence-electron chi connectivity index (χ1n) is 8.76. The zero-order chi connectivity index (χ0) is 19.0. The number of fused-ring (bicyclic) bond motifs is 2. The average Bonchev–Trinajstić information content (AvgIpc) is 2.67. The monoisotopic (exact) mass is 379 g/mol. The summed E-state index contributed by atoms with van der Waals surface area (Å²) in [6, 6.07) is 13.1. The minimum atomic E-state index is -0.381.